The highest BCUT2D eigenvalue weighted by Gasteiger charge is 2.03. The standard InChI is InChI=1S/C8H11N3OS/c1-11(2)10-8(12)13-7-4-3-5-9-6-7/h3-6H,1-2H3,(H,10,12). The minimum atomic E-state index is -0.113. The summed E-state index contributed by atoms with van der Waals surface area (Å²) in [6.07, 6.45) is 3.33. The third-order valence-corrected chi connectivity index (χ3v) is 1.91. The van der Waals surface area contributed by atoms with Crippen LogP contribution in [0.2, 0.25) is 0 Å². The lowest BCUT2D eigenvalue weighted by Crippen LogP contribution is -2.33. The van der Waals surface area contributed by atoms with Crippen LogP contribution in [0.15, 0.2) is 29.4 Å². The molecule has 0 saturated heterocycles. The van der Waals surface area contributed by atoms with E-state index in [1.54, 1.807) is 37.6 Å². The fourth-order valence-corrected chi connectivity index (χ4v) is 1.42. The molecule has 1 amide bonds. The van der Waals surface area contributed by atoms with E-state index in [0.29, 0.717) is 0 Å². The number of carbonyl (C=O) groups excluding carboxylic acids is 1. The molecule has 0 aliphatic rings. The van der Waals surface area contributed by atoms with E-state index < -0.39 is 0 Å². The number of hydrogen-bond acceptors (Lipinski definition) is 4. The highest BCUT2D eigenvalue weighted by Crippen LogP contribution is 2.15. The summed E-state index contributed by atoms with van der Waals surface area (Å²) in [5.41, 5.74) is 2.62. The van der Waals surface area contributed by atoms with E-state index in [4.69, 9.17) is 0 Å². The van der Waals surface area contributed by atoms with Crippen LogP contribution in [0, 0.1) is 0 Å². The predicted octanol–water partition coefficient (Wildman–Crippen LogP) is 1.36. The maximum atomic E-state index is 11.2. The van der Waals surface area contributed by atoms with Crippen LogP contribution in [0.3, 0.4) is 0 Å². The third kappa shape index (κ3) is 3.91. The van der Waals surface area contributed by atoms with Gasteiger partial charge in [0.1, 0.15) is 0 Å². The Bertz CT molecular complexity index is 276. The summed E-state index contributed by atoms with van der Waals surface area (Å²) in [5, 5.41) is 1.49. The average molecular weight is 197 g/mol. The SMILES string of the molecule is CN(C)NC(=O)Sc1cccnc1. The summed E-state index contributed by atoms with van der Waals surface area (Å²) in [6, 6.07) is 3.64. The van der Waals surface area contributed by atoms with Crippen LogP contribution >= 0.6 is 11.8 Å². The van der Waals surface area contributed by atoms with E-state index in [1.807, 2.05) is 6.07 Å². The lowest BCUT2D eigenvalue weighted by Gasteiger charge is -2.10. The van der Waals surface area contributed by atoms with Gasteiger partial charge in [0, 0.05) is 31.4 Å². The van der Waals surface area contributed by atoms with Crippen molar-refractivity contribution in [3.05, 3.63) is 24.5 Å². The molecule has 70 valence electrons. The number of nitrogens with one attached hydrogen (secondary N) is 1. The minimum absolute atomic E-state index is 0.113. The van der Waals surface area contributed by atoms with E-state index >= 15 is 0 Å². The number of hydrogen-bond donors (Lipinski definition) is 1. The Balaban J connectivity index is 2.46. The maximum Gasteiger partial charge on any atom is 0.298 e. The van der Waals surface area contributed by atoms with Gasteiger partial charge in [-0.25, -0.2) is 5.01 Å². The zero-order valence-electron chi connectivity index (χ0n) is 7.52. The van der Waals surface area contributed by atoms with Crippen molar-refractivity contribution in [1.29, 1.82) is 0 Å². The Morgan fingerprint density at radius 2 is 2.38 bits per heavy atom. The number of carbonyl (C=O) groups is 1. The Labute approximate surface area is 81.3 Å². The van der Waals surface area contributed by atoms with E-state index in [-0.39, 0.29) is 5.24 Å². The fraction of sp³-hybridized carbons (Fsp3) is 0.250. The number of nitrogens with zero attached hydrogens (tertiary/aromatic N) is 2. The van der Waals surface area contributed by atoms with Crippen LogP contribution in [0.4, 0.5) is 4.79 Å². The van der Waals surface area contributed by atoms with Gasteiger partial charge in [0.15, 0.2) is 0 Å². The highest BCUT2D eigenvalue weighted by atomic mass is 32.2. The molecule has 0 spiro atoms. The Morgan fingerprint density at radius 1 is 1.62 bits per heavy atom. The molecule has 0 atom stereocenters. The van der Waals surface area contributed by atoms with E-state index in [9.17, 15) is 4.79 Å². The minimum Gasteiger partial charge on any atom is -0.280 e. The molecule has 4 nitrogen and oxygen atoms in total. The highest BCUT2D eigenvalue weighted by molar-refractivity contribution is 8.13. The van der Waals surface area contributed by atoms with Crippen molar-refractivity contribution in [3.63, 3.8) is 0 Å². The number of aromatic nitrogens is 1. The first-order chi connectivity index (χ1) is 6.18. The summed E-state index contributed by atoms with van der Waals surface area (Å²) in [6.45, 7) is 0. The number of amides is 1. The summed E-state index contributed by atoms with van der Waals surface area (Å²) in [5.74, 6) is 0. The lowest BCUT2D eigenvalue weighted by molar-refractivity contribution is 0.234. The molecule has 1 heterocycles. The summed E-state index contributed by atoms with van der Waals surface area (Å²) in [4.78, 5) is 15.9. The number of pyridine rings is 1. The number of hydrazine groups is 1. The smallest absolute Gasteiger partial charge is 0.280 e. The van der Waals surface area contributed by atoms with Gasteiger partial charge in [0.05, 0.1) is 0 Å². The Kier molecular flexibility index (Phi) is 3.72. The lowest BCUT2D eigenvalue weighted by atomic mass is 10.5. The van der Waals surface area contributed by atoms with E-state index in [2.05, 4.69) is 10.4 Å². The fourth-order valence-electron chi connectivity index (χ4n) is 0.720. The molecular formula is C8H11N3OS. The first-order valence-electron chi connectivity index (χ1n) is 3.74. The first-order valence-corrected chi connectivity index (χ1v) is 4.56. The van der Waals surface area contributed by atoms with Crippen molar-refractivity contribution in [1.82, 2.24) is 15.4 Å². The van der Waals surface area contributed by atoms with Gasteiger partial charge in [-0.05, 0) is 23.9 Å². The van der Waals surface area contributed by atoms with Crippen molar-refractivity contribution in [2.45, 2.75) is 4.90 Å². The largest absolute Gasteiger partial charge is 0.298 e. The molecule has 5 heteroatoms. The van der Waals surface area contributed by atoms with Crippen LogP contribution in [-0.2, 0) is 0 Å². The van der Waals surface area contributed by atoms with Crippen molar-refractivity contribution >= 4 is 17.0 Å². The molecular weight excluding hydrogens is 186 g/mol. The van der Waals surface area contributed by atoms with Gasteiger partial charge in [-0.1, -0.05) is 0 Å². The second-order valence-electron chi connectivity index (χ2n) is 2.58. The molecule has 1 rings (SSSR count). The second-order valence-corrected chi connectivity index (χ2v) is 3.63. The van der Waals surface area contributed by atoms with Gasteiger partial charge in [0.25, 0.3) is 5.24 Å². The molecule has 0 bridgehead atoms. The normalized spacial score (nSPS) is 10.1. The molecule has 1 aromatic rings. The second kappa shape index (κ2) is 4.84. The predicted molar refractivity (Wildman–Crippen MR) is 52.3 cm³/mol. The number of rotatable bonds is 2. The molecule has 13 heavy (non-hydrogen) atoms. The van der Waals surface area contributed by atoms with Crippen molar-refractivity contribution in [2.75, 3.05) is 14.1 Å². The van der Waals surface area contributed by atoms with Crippen LogP contribution in [0.25, 0.3) is 0 Å². The molecule has 0 saturated carbocycles. The summed E-state index contributed by atoms with van der Waals surface area (Å²) < 4.78 is 0. The molecule has 0 aliphatic heterocycles. The van der Waals surface area contributed by atoms with E-state index in [0.717, 1.165) is 16.7 Å². The van der Waals surface area contributed by atoms with Gasteiger partial charge in [-0.2, -0.15) is 0 Å². The van der Waals surface area contributed by atoms with E-state index in [1.165, 1.54) is 0 Å². The van der Waals surface area contributed by atoms with Gasteiger partial charge in [0.2, 0.25) is 0 Å². The maximum absolute atomic E-state index is 11.2. The van der Waals surface area contributed by atoms with Crippen LogP contribution < -0.4 is 5.43 Å². The zero-order chi connectivity index (χ0) is 9.68. The molecule has 0 unspecified atom stereocenters. The Hall–Kier alpha value is -1.07. The topological polar surface area (TPSA) is 45.2 Å². The summed E-state index contributed by atoms with van der Waals surface area (Å²) >= 11 is 1.12. The Morgan fingerprint density at radius 3 is 2.92 bits per heavy atom. The molecule has 1 aromatic heterocycles. The average Bonchev–Trinajstić information content (AvgIpc) is 2.04. The van der Waals surface area contributed by atoms with Crippen LogP contribution in [0.5, 0.6) is 0 Å². The first kappa shape index (κ1) is 10.0. The van der Waals surface area contributed by atoms with Crippen LogP contribution in [-0.4, -0.2) is 29.3 Å². The van der Waals surface area contributed by atoms with Gasteiger partial charge < -0.3 is 0 Å². The van der Waals surface area contributed by atoms with Crippen molar-refractivity contribution in [3.8, 4) is 0 Å². The van der Waals surface area contributed by atoms with Crippen LogP contribution in [0.1, 0.15) is 0 Å². The third-order valence-electron chi connectivity index (χ3n) is 1.16. The molecule has 0 aromatic carbocycles. The van der Waals surface area contributed by atoms with Gasteiger partial charge in [-0.3, -0.25) is 15.2 Å². The monoisotopic (exact) mass is 197 g/mol. The zero-order valence-corrected chi connectivity index (χ0v) is 8.34. The van der Waals surface area contributed by atoms with Gasteiger partial charge >= 0.3 is 0 Å². The molecule has 0 radical (unpaired) electrons. The molecule has 1 N–H and O–H groups in total. The molecule has 0 fully saturated rings. The number of thioether (sulfide) groups is 1. The summed E-state index contributed by atoms with van der Waals surface area (Å²) in [7, 11) is 3.53. The van der Waals surface area contributed by atoms with Crippen molar-refractivity contribution < 1.29 is 4.79 Å². The molecule has 0 aliphatic carbocycles. The van der Waals surface area contributed by atoms with Crippen molar-refractivity contribution in [2.24, 2.45) is 0 Å². The quantitative estimate of drug-likeness (QED) is 0.574. The van der Waals surface area contributed by atoms with Gasteiger partial charge in [-0.15, -0.1) is 0 Å².